The minimum Gasteiger partial charge on any atom is -0.872 e. The predicted molar refractivity (Wildman–Crippen MR) is 88.0 cm³/mol. The highest BCUT2D eigenvalue weighted by Gasteiger charge is 2.02. The summed E-state index contributed by atoms with van der Waals surface area (Å²) in [6, 6.07) is 15.5. The van der Waals surface area contributed by atoms with E-state index >= 15 is 0 Å². The molecule has 0 saturated heterocycles. The number of hydrogen-bond donors (Lipinski definition) is 1. The fourth-order valence-corrected chi connectivity index (χ4v) is 1.85. The second kappa shape index (κ2) is 7.79. The molecule has 0 atom stereocenters. The summed E-state index contributed by atoms with van der Waals surface area (Å²) in [4.78, 5) is 11.8. The highest BCUT2D eigenvalue weighted by molar-refractivity contribution is 6.00. The minimum atomic E-state index is -0.324. The molecule has 5 nitrogen and oxygen atoms in total. The molecule has 118 valence electrons. The van der Waals surface area contributed by atoms with Gasteiger partial charge in [-0.05, 0) is 42.8 Å². The van der Waals surface area contributed by atoms with Crippen LogP contribution < -0.4 is 15.3 Å². The van der Waals surface area contributed by atoms with Crippen molar-refractivity contribution in [2.24, 2.45) is 5.10 Å². The van der Waals surface area contributed by atoms with Crippen LogP contribution in [0.15, 0.2) is 65.8 Å². The van der Waals surface area contributed by atoms with Crippen LogP contribution in [0.25, 0.3) is 5.76 Å². The number of benzene rings is 2. The molecule has 0 unspecified atom stereocenters. The first kappa shape index (κ1) is 16.3. The van der Waals surface area contributed by atoms with E-state index in [-0.39, 0.29) is 11.7 Å². The summed E-state index contributed by atoms with van der Waals surface area (Å²) >= 11 is 0. The van der Waals surface area contributed by atoms with Crippen molar-refractivity contribution >= 4 is 17.4 Å². The predicted octanol–water partition coefficient (Wildman–Crippen LogP) is 2.20. The average molecular weight is 309 g/mol. The maximum Gasteiger partial charge on any atom is 0.271 e. The van der Waals surface area contributed by atoms with Gasteiger partial charge in [0.15, 0.2) is 0 Å². The van der Waals surface area contributed by atoms with Crippen molar-refractivity contribution in [1.82, 2.24) is 5.43 Å². The third kappa shape index (κ3) is 4.71. The van der Waals surface area contributed by atoms with Crippen LogP contribution in [0, 0.1) is 0 Å². The van der Waals surface area contributed by atoms with E-state index in [2.05, 4.69) is 10.5 Å². The van der Waals surface area contributed by atoms with Crippen LogP contribution in [0.3, 0.4) is 0 Å². The van der Waals surface area contributed by atoms with Crippen LogP contribution >= 0.6 is 0 Å². The Morgan fingerprint density at radius 2 is 1.74 bits per heavy atom. The molecule has 0 bridgehead atoms. The molecule has 2 aromatic rings. The normalized spacial score (nSPS) is 11.9. The van der Waals surface area contributed by atoms with E-state index in [1.54, 1.807) is 62.6 Å². The van der Waals surface area contributed by atoms with Crippen LogP contribution in [-0.2, 0) is 0 Å². The molecule has 0 spiro atoms. The third-order valence-electron chi connectivity index (χ3n) is 3.08. The Kier molecular flexibility index (Phi) is 5.52. The quantitative estimate of drug-likeness (QED) is 0.523. The lowest BCUT2D eigenvalue weighted by atomic mass is 10.1. The van der Waals surface area contributed by atoms with Gasteiger partial charge in [-0.15, -0.1) is 0 Å². The second-order valence-electron chi connectivity index (χ2n) is 4.80. The van der Waals surface area contributed by atoms with Gasteiger partial charge in [-0.3, -0.25) is 4.79 Å². The summed E-state index contributed by atoms with van der Waals surface area (Å²) in [5, 5.41) is 16.0. The van der Waals surface area contributed by atoms with Crippen molar-refractivity contribution in [1.29, 1.82) is 0 Å². The summed E-state index contributed by atoms with van der Waals surface area (Å²) in [7, 11) is 1.56. The highest BCUT2D eigenvalue weighted by Crippen LogP contribution is 2.15. The van der Waals surface area contributed by atoms with E-state index in [1.165, 1.54) is 6.08 Å². The molecule has 0 aliphatic heterocycles. The molecular weight excluding hydrogens is 292 g/mol. The number of nitrogens with zero attached hydrogens (tertiary/aromatic N) is 1. The molecule has 0 aromatic heterocycles. The molecule has 5 heteroatoms. The van der Waals surface area contributed by atoms with Gasteiger partial charge in [-0.2, -0.15) is 5.10 Å². The first-order valence-electron chi connectivity index (χ1n) is 7.03. The number of nitrogens with one attached hydrogen (secondary N) is 1. The first-order chi connectivity index (χ1) is 11.1. The molecule has 1 N–H and O–H groups in total. The summed E-state index contributed by atoms with van der Waals surface area (Å²) in [6.07, 6.45) is 1.37. The van der Waals surface area contributed by atoms with E-state index in [4.69, 9.17) is 4.74 Å². The molecule has 2 rings (SSSR count). The van der Waals surface area contributed by atoms with Crippen LogP contribution in [-0.4, -0.2) is 18.7 Å². The zero-order chi connectivity index (χ0) is 16.7. The molecule has 0 aliphatic carbocycles. The van der Waals surface area contributed by atoms with Gasteiger partial charge >= 0.3 is 0 Å². The van der Waals surface area contributed by atoms with Crippen molar-refractivity contribution < 1.29 is 14.6 Å². The number of carbonyl (C=O) groups excluding carboxylic acids is 1. The summed E-state index contributed by atoms with van der Waals surface area (Å²) in [5.74, 6) is 0.167. The number of carbonyl (C=O) groups is 1. The molecule has 2 aromatic carbocycles. The third-order valence-corrected chi connectivity index (χ3v) is 3.08. The summed E-state index contributed by atoms with van der Waals surface area (Å²) < 4.78 is 5.04. The van der Waals surface area contributed by atoms with E-state index in [1.807, 2.05) is 6.07 Å². The smallest absolute Gasteiger partial charge is 0.271 e. The molecule has 1 amide bonds. The Morgan fingerprint density at radius 3 is 2.35 bits per heavy atom. The SMILES string of the molecule is COc1ccc(C([O-])=CC(C)=NNC(=O)c2ccccc2)cc1. The number of amides is 1. The Labute approximate surface area is 134 Å². The Morgan fingerprint density at radius 1 is 1.09 bits per heavy atom. The first-order valence-corrected chi connectivity index (χ1v) is 7.03. The maximum absolute atomic E-state index is 12.1. The Bertz CT molecular complexity index is 720. The molecule has 0 aliphatic rings. The van der Waals surface area contributed by atoms with E-state index in [0.717, 1.165) is 0 Å². The number of allylic oxidation sites excluding steroid dienone is 1. The lowest BCUT2D eigenvalue weighted by molar-refractivity contribution is -0.243. The number of hydrogen-bond acceptors (Lipinski definition) is 4. The summed E-state index contributed by atoms with van der Waals surface area (Å²) in [5.41, 5.74) is 3.86. The zero-order valence-corrected chi connectivity index (χ0v) is 12.9. The van der Waals surface area contributed by atoms with Gasteiger partial charge in [0.2, 0.25) is 0 Å². The molecule has 0 radical (unpaired) electrons. The van der Waals surface area contributed by atoms with E-state index in [0.29, 0.717) is 22.6 Å². The Balaban J connectivity index is 2.03. The minimum absolute atomic E-state index is 0.192. The number of rotatable bonds is 5. The van der Waals surface area contributed by atoms with E-state index in [9.17, 15) is 9.90 Å². The van der Waals surface area contributed by atoms with Gasteiger partial charge in [-0.1, -0.05) is 36.1 Å². The lowest BCUT2D eigenvalue weighted by Gasteiger charge is -2.12. The second-order valence-corrected chi connectivity index (χ2v) is 4.80. The monoisotopic (exact) mass is 309 g/mol. The molecule has 0 fully saturated rings. The standard InChI is InChI=1S/C18H18N2O3/c1-13(19-20-18(22)15-6-4-3-5-7-15)12-17(21)14-8-10-16(23-2)11-9-14/h3-12,21H,1-2H3,(H,20,22)/p-1. The van der Waals surface area contributed by atoms with Gasteiger partial charge in [0.25, 0.3) is 5.91 Å². The lowest BCUT2D eigenvalue weighted by Crippen LogP contribution is -2.18. The number of methoxy groups -OCH3 is 1. The fraction of sp³-hybridized carbons (Fsp3) is 0.111. The number of hydrazone groups is 1. The van der Waals surface area contributed by atoms with Crippen LogP contribution in [0.5, 0.6) is 5.75 Å². The highest BCUT2D eigenvalue weighted by atomic mass is 16.5. The number of ether oxygens (including phenoxy) is 1. The van der Waals surface area contributed by atoms with Crippen molar-refractivity contribution in [3.8, 4) is 5.75 Å². The topological polar surface area (TPSA) is 73.8 Å². The van der Waals surface area contributed by atoms with Gasteiger partial charge in [0.05, 0.1) is 12.8 Å². The molecule has 0 saturated carbocycles. The van der Waals surface area contributed by atoms with Gasteiger partial charge < -0.3 is 9.84 Å². The van der Waals surface area contributed by atoms with Crippen LogP contribution in [0.4, 0.5) is 0 Å². The molecule has 23 heavy (non-hydrogen) atoms. The van der Waals surface area contributed by atoms with Crippen LogP contribution in [0.1, 0.15) is 22.8 Å². The van der Waals surface area contributed by atoms with Crippen LogP contribution in [0.2, 0.25) is 0 Å². The fourth-order valence-electron chi connectivity index (χ4n) is 1.85. The van der Waals surface area contributed by atoms with Crippen molar-refractivity contribution in [2.75, 3.05) is 7.11 Å². The summed E-state index contributed by atoms with van der Waals surface area (Å²) in [6.45, 7) is 1.65. The largest absolute Gasteiger partial charge is 0.872 e. The van der Waals surface area contributed by atoms with Crippen molar-refractivity contribution in [3.05, 3.63) is 71.8 Å². The molecular formula is C18H17N2O3-. The van der Waals surface area contributed by atoms with Gasteiger partial charge in [-0.25, -0.2) is 5.43 Å². The van der Waals surface area contributed by atoms with Crippen molar-refractivity contribution in [3.63, 3.8) is 0 Å². The van der Waals surface area contributed by atoms with Gasteiger partial charge in [0, 0.05) is 5.56 Å². The zero-order valence-electron chi connectivity index (χ0n) is 12.9. The molecule has 0 heterocycles. The Hall–Kier alpha value is -3.08. The maximum atomic E-state index is 12.1. The van der Waals surface area contributed by atoms with Gasteiger partial charge in [0.1, 0.15) is 5.75 Å². The average Bonchev–Trinajstić information content (AvgIpc) is 2.60. The van der Waals surface area contributed by atoms with Crippen molar-refractivity contribution in [2.45, 2.75) is 6.92 Å². The van der Waals surface area contributed by atoms with E-state index < -0.39 is 0 Å².